The van der Waals surface area contributed by atoms with Crippen LogP contribution in [0, 0.1) is 0 Å². The molecule has 1 aliphatic rings. The molecule has 0 saturated carbocycles. The number of hydrogen-bond donors (Lipinski definition) is 1. The fourth-order valence-electron chi connectivity index (χ4n) is 2.29. The molecule has 0 aliphatic carbocycles. The SMILES string of the molecule is CN(C)C/C=C/C(=O)Nc1ccc(N2CCCC2)cc1. The lowest BCUT2D eigenvalue weighted by atomic mass is 10.2. The maximum atomic E-state index is 11.7. The van der Waals surface area contributed by atoms with Crippen LogP contribution < -0.4 is 10.2 Å². The van der Waals surface area contributed by atoms with E-state index in [4.69, 9.17) is 0 Å². The molecule has 0 spiro atoms. The molecule has 1 amide bonds. The van der Waals surface area contributed by atoms with Crippen LogP contribution in [0.25, 0.3) is 0 Å². The third-order valence-corrected chi connectivity index (χ3v) is 3.35. The van der Waals surface area contributed by atoms with Gasteiger partial charge in [-0.1, -0.05) is 6.08 Å². The van der Waals surface area contributed by atoms with Crippen LogP contribution in [0.1, 0.15) is 12.8 Å². The van der Waals surface area contributed by atoms with Crippen molar-refractivity contribution in [2.24, 2.45) is 0 Å². The summed E-state index contributed by atoms with van der Waals surface area (Å²) in [6.07, 6.45) is 5.98. The van der Waals surface area contributed by atoms with Gasteiger partial charge in [-0.05, 0) is 51.2 Å². The van der Waals surface area contributed by atoms with Gasteiger partial charge in [-0.3, -0.25) is 4.79 Å². The molecule has 1 N–H and O–H groups in total. The van der Waals surface area contributed by atoms with Crippen molar-refractivity contribution in [2.45, 2.75) is 12.8 Å². The van der Waals surface area contributed by atoms with E-state index in [0.29, 0.717) is 0 Å². The second kappa shape index (κ2) is 7.10. The highest BCUT2D eigenvalue weighted by Gasteiger charge is 2.11. The second-order valence-corrected chi connectivity index (χ2v) is 5.39. The molecule has 4 heteroatoms. The molecule has 0 atom stereocenters. The highest BCUT2D eigenvalue weighted by atomic mass is 16.1. The largest absolute Gasteiger partial charge is 0.372 e. The molecule has 0 unspecified atom stereocenters. The Balaban J connectivity index is 1.86. The van der Waals surface area contributed by atoms with Crippen molar-refractivity contribution < 1.29 is 4.79 Å². The second-order valence-electron chi connectivity index (χ2n) is 5.39. The first-order chi connectivity index (χ1) is 9.65. The lowest BCUT2D eigenvalue weighted by Crippen LogP contribution is -2.17. The van der Waals surface area contributed by atoms with Crippen molar-refractivity contribution in [2.75, 3.05) is 43.9 Å². The summed E-state index contributed by atoms with van der Waals surface area (Å²) >= 11 is 0. The molecule has 1 saturated heterocycles. The van der Waals surface area contributed by atoms with Gasteiger partial charge in [-0.15, -0.1) is 0 Å². The average Bonchev–Trinajstić information content (AvgIpc) is 2.93. The Morgan fingerprint density at radius 1 is 1.25 bits per heavy atom. The molecule has 1 aliphatic heterocycles. The van der Waals surface area contributed by atoms with Crippen LogP contribution in [0.2, 0.25) is 0 Å². The zero-order valence-corrected chi connectivity index (χ0v) is 12.3. The summed E-state index contributed by atoms with van der Waals surface area (Å²) in [5.41, 5.74) is 2.08. The van der Waals surface area contributed by atoms with Crippen LogP contribution in [-0.4, -0.2) is 44.5 Å². The predicted octanol–water partition coefficient (Wildman–Crippen LogP) is 2.34. The van der Waals surface area contributed by atoms with E-state index in [1.165, 1.54) is 18.5 Å². The number of benzene rings is 1. The van der Waals surface area contributed by atoms with Gasteiger partial charge in [0.2, 0.25) is 5.91 Å². The van der Waals surface area contributed by atoms with Gasteiger partial charge in [0, 0.05) is 37.1 Å². The summed E-state index contributed by atoms with van der Waals surface area (Å²) in [4.78, 5) is 16.1. The normalized spacial score (nSPS) is 15.2. The van der Waals surface area contributed by atoms with E-state index >= 15 is 0 Å². The van der Waals surface area contributed by atoms with E-state index in [1.807, 2.05) is 37.2 Å². The summed E-state index contributed by atoms with van der Waals surface area (Å²) in [6, 6.07) is 8.08. The van der Waals surface area contributed by atoms with Gasteiger partial charge in [0.25, 0.3) is 0 Å². The summed E-state index contributed by atoms with van der Waals surface area (Å²) in [6.45, 7) is 3.04. The fraction of sp³-hybridized carbons (Fsp3) is 0.438. The Morgan fingerprint density at radius 3 is 2.50 bits per heavy atom. The summed E-state index contributed by atoms with van der Waals surface area (Å²) in [5.74, 6) is -0.0826. The van der Waals surface area contributed by atoms with Crippen LogP contribution in [0.4, 0.5) is 11.4 Å². The fourth-order valence-corrected chi connectivity index (χ4v) is 2.29. The Kier molecular flexibility index (Phi) is 5.18. The van der Waals surface area contributed by atoms with E-state index in [2.05, 4.69) is 22.3 Å². The standard InChI is InChI=1S/C16H23N3O/c1-18(2)11-5-6-16(20)17-14-7-9-15(10-8-14)19-12-3-4-13-19/h5-10H,3-4,11-13H2,1-2H3,(H,17,20)/b6-5+. The zero-order valence-electron chi connectivity index (χ0n) is 12.3. The number of amides is 1. The number of hydrogen-bond acceptors (Lipinski definition) is 3. The van der Waals surface area contributed by atoms with Gasteiger partial charge >= 0.3 is 0 Å². The van der Waals surface area contributed by atoms with Crippen molar-refractivity contribution in [3.63, 3.8) is 0 Å². The Bertz CT molecular complexity index is 459. The minimum atomic E-state index is -0.0826. The molecule has 1 aromatic carbocycles. The third-order valence-electron chi connectivity index (χ3n) is 3.35. The molecule has 1 fully saturated rings. The van der Waals surface area contributed by atoms with E-state index in [-0.39, 0.29) is 5.91 Å². The zero-order chi connectivity index (χ0) is 14.4. The van der Waals surface area contributed by atoms with Crippen molar-refractivity contribution in [1.82, 2.24) is 4.90 Å². The highest BCUT2D eigenvalue weighted by molar-refractivity contribution is 5.99. The van der Waals surface area contributed by atoms with Crippen LogP contribution >= 0.6 is 0 Å². The minimum absolute atomic E-state index is 0.0826. The molecule has 20 heavy (non-hydrogen) atoms. The van der Waals surface area contributed by atoms with Crippen LogP contribution in [0.15, 0.2) is 36.4 Å². The third kappa shape index (κ3) is 4.38. The lowest BCUT2D eigenvalue weighted by Gasteiger charge is -2.17. The number of rotatable bonds is 5. The summed E-state index contributed by atoms with van der Waals surface area (Å²) in [7, 11) is 3.94. The highest BCUT2D eigenvalue weighted by Crippen LogP contribution is 2.21. The maximum absolute atomic E-state index is 11.7. The first-order valence-corrected chi connectivity index (χ1v) is 7.12. The summed E-state index contributed by atoms with van der Waals surface area (Å²) in [5, 5.41) is 2.87. The van der Waals surface area contributed by atoms with Gasteiger partial charge < -0.3 is 15.1 Å². The number of nitrogens with one attached hydrogen (secondary N) is 1. The molecular formula is C16H23N3O. The molecule has 2 rings (SSSR count). The maximum Gasteiger partial charge on any atom is 0.248 e. The van der Waals surface area contributed by atoms with Crippen LogP contribution in [0.5, 0.6) is 0 Å². The Morgan fingerprint density at radius 2 is 1.90 bits per heavy atom. The van der Waals surface area contributed by atoms with Crippen LogP contribution in [0.3, 0.4) is 0 Å². The van der Waals surface area contributed by atoms with Crippen molar-refractivity contribution >= 4 is 17.3 Å². The van der Waals surface area contributed by atoms with E-state index < -0.39 is 0 Å². The Hall–Kier alpha value is -1.81. The smallest absolute Gasteiger partial charge is 0.248 e. The molecule has 108 valence electrons. The molecule has 1 heterocycles. The predicted molar refractivity (Wildman–Crippen MR) is 84.2 cm³/mol. The molecule has 0 bridgehead atoms. The van der Waals surface area contributed by atoms with Gasteiger partial charge in [0.1, 0.15) is 0 Å². The van der Waals surface area contributed by atoms with E-state index in [1.54, 1.807) is 6.08 Å². The number of likely N-dealkylation sites (N-methyl/N-ethyl adjacent to an activating group) is 1. The van der Waals surface area contributed by atoms with Crippen molar-refractivity contribution in [1.29, 1.82) is 0 Å². The molecule has 0 aromatic heterocycles. The molecule has 0 radical (unpaired) electrons. The first-order valence-electron chi connectivity index (χ1n) is 7.12. The number of carbonyl (C=O) groups excluding carboxylic acids is 1. The van der Waals surface area contributed by atoms with E-state index in [9.17, 15) is 4.79 Å². The van der Waals surface area contributed by atoms with Crippen molar-refractivity contribution in [3.05, 3.63) is 36.4 Å². The monoisotopic (exact) mass is 273 g/mol. The van der Waals surface area contributed by atoms with Gasteiger partial charge in [-0.2, -0.15) is 0 Å². The van der Waals surface area contributed by atoms with Crippen LogP contribution in [-0.2, 0) is 4.79 Å². The van der Waals surface area contributed by atoms with Gasteiger partial charge in [0.15, 0.2) is 0 Å². The molecular weight excluding hydrogens is 250 g/mol. The number of nitrogens with zero attached hydrogens (tertiary/aromatic N) is 2. The Labute approximate surface area is 121 Å². The van der Waals surface area contributed by atoms with Gasteiger partial charge in [-0.25, -0.2) is 0 Å². The molecule has 1 aromatic rings. The van der Waals surface area contributed by atoms with Crippen molar-refractivity contribution in [3.8, 4) is 0 Å². The number of anilines is 2. The van der Waals surface area contributed by atoms with E-state index in [0.717, 1.165) is 25.3 Å². The quantitative estimate of drug-likeness (QED) is 0.836. The van der Waals surface area contributed by atoms with Gasteiger partial charge in [0.05, 0.1) is 0 Å². The average molecular weight is 273 g/mol. The number of carbonyl (C=O) groups is 1. The lowest BCUT2D eigenvalue weighted by molar-refractivity contribution is -0.111. The topological polar surface area (TPSA) is 35.6 Å². The summed E-state index contributed by atoms with van der Waals surface area (Å²) < 4.78 is 0. The minimum Gasteiger partial charge on any atom is -0.372 e. The first kappa shape index (κ1) is 14.6. The molecule has 4 nitrogen and oxygen atoms in total.